The lowest BCUT2D eigenvalue weighted by molar-refractivity contribution is 0.165. The second-order valence-corrected chi connectivity index (χ2v) is 4.42. The summed E-state index contributed by atoms with van der Waals surface area (Å²) in [5.74, 6) is 0.0775. The lowest BCUT2D eigenvalue weighted by Gasteiger charge is -2.31. The average Bonchev–Trinajstić information content (AvgIpc) is 2.39. The standard InChI is InChI=1S/C15H15NO/c17-14-10-16-13-9-5-4-8-12(13)15(14)11-6-2-1-3-7-11/h1-9,14-17H,10H2/t14-,15-/m0/s1. The molecular formula is C15H15NO. The van der Waals surface area contributed by atoms with Crippen LogP contribution in [0.2, 0.25) is 0 Å². The number of aliphatic hydroxyl groups is 1. The van der Waals surface area contributed by atoms with Crippen LogP contribution in [0, 0.1) is 0 Å². The normalized spacial score (nSPS) is 22.6. The third-order valence-corrected chi connectivity index (χ3v) is 3.34. The number of aliphatic hydroxyl groups excluding tert-OH is 1. The van der Waals surface area contributed by atoms with Gasteiger partial charge in [-0.3, -0.25) is 0 Å². The third-order valence-electron chi connectivity index (χ3n) is 3.34. The van der Waals surface area contributed by atoms with Gasteiger partial charge in [0.25, 0.3) is 0 Å². The largest absolute Gasteiger partial charge is 0.390 e. The molecule has 2 N–H and O–H groups in total. The quantitative estimate of drug-likeness (QED) is 0.782. The van der Waals surface area contributed by atoms with E-state index in [1.807, 2.05) is 30.3 Å². The van der Waals surface area contributed by atoms with Crippen LogP contribution in [-0.2, 0) is 0 Å². The van der Waals surface area contributed by atoms with E-state index in [-0.39, 0.29) is 12.0 Å². The highest BCUT2D eigenvalue weighted by Crippen LogP contribution is 2.36. The van der Waals surface area contributed by atoms with E-state index in [1.54, 1.807) is 0 Å². The van der Waals surface area contributed by atoms with E-state index in [1.165, 1.54) is 11.1 Å². The zero-order valence-corrected chi connectivity index (χ0v) is 9.51. The van der Waals surface area contributed by atoms with Gasteiger partial charge < -0.3 is 10.4 Å². The predicted molar refractivity (Wildman–Crippen MR) is 69.2 cm³/mol. The fourth-order valence-corrected chi connectivity index (χ4v) is 2.53. The van der Waals surface area contributed by atoms with Crippen molar-refractivity contribution < 1.29 is 5.11 Å². The predicted octanol–water partition coefficient (Wildman–Crippen LogP) is 2.60. The first-order valence-corrected chi connectivity index (χ1v) is 5.92. The smallest absolute Gasteiger partial charge is 0.0822 e. The van der Waals surface area contributed by atoms with E-state index in [0.717, 1.165) is 5.69 Å². The summed E-state index contributed by atoms with van der Waals surface area (Å²) in [6, 6.07) is 18.4. The highest BCUT2D eigenvalue weighted by atomic mass is 16.3. The SMILES string of the molecule is O[C@H]1CNc2ccccc2[C@@H]1c1ccccc1. The molecule has 2 atom stereocenters. The summed E-state index contributed by atoms with van der Waals surface area (Å²) in [5.41, 5.74) is 3.48. The van der Waals surface area contributed by atoms with Gasteiger partial charge in [0.1, 0.15) is 0 Å². The average molecular weight is 225 g/mol. The van der Waals surface area contributed by atoms with Crippen LogP contribution < -0.4 is 5.32 Å². The van der Waals surface area contributed by atoms with Gasteiger partial charge >= 0.3 is 0 Å². The fourth-order valence-electron chi connectivity index (χ4n) is 2.53. The van der Waals surface area contributed by atoms with Crippen molar-refractivity contribution in [1.29, 1.82) is 0 Å². The highest BCUT2D eigenvalue weighted by Gasteiger charge is 2.28. The van der Waals surface area contributed by atoms with Crippen molar-refractivity contribution in [2.75, 3.05) is 11.9 Å². The number of hydrogen-bond acceptors (Lipinski definition) is 2. The van der Waals surface area contributed by atoms with Crippen LogP contribution in [-0.4, -0.2) is 17.8 Å². The Bertz CT molecular complexity index is 509. The van der Waals surface area contributed by atoms with Crippen LogP contribution in [0.15, 0.2) is 54.6 Å². The van der Waals surface area contributed by atoms with Crippen LogP contribution in [0.1, 0.15) is 17.0 Å². The molecule has 2 nitrogen and oxygen atoms in total. The van der Waals surface area contributed by atoms with Crippen LogP contribution in [0.3, 0.4) is 0 Å². The Labute approximate surface area is 101 Å². The first-order valence-electron chi connectivity index (χ1n) is 5.92. The van der Waals surface area contributed by atoms with Gasteiger partial charge in [0, 0.05) is 18.2 Å². The summed E-state index contributed by atoms with van der Waals surface area (Å²) in [6.45, 7) is 0.608. The molecule has 0 aromatic heterocycles. The number of β-amino-alcohol motifs (C(OH)–C–C–N with tert-alkyl or cyclic N) is 1. The third kappa shape index (κ3) is 1.81. The second-order valence-electron chi connectivity index (χ2n) is 4.42. The Morgan fingerprint density at radius 2 is 1.65 bits per heavy atom. The molecule has 1 heterocycles. The van der Waals surface area contributed by atoms with Crippen LogP contribution in [0.5, 0.6) is 0 Å². The number of para-hydroxylation sites is 1. The fraction of sp³-hybridized carbons (Fsp3) is 0.200. The Kier molecular flexibility index (Phi) is 2.57. The molecule has 0 saturated heterocycles. The number of nitrogens with one attached hydrogen (secondary N) is 1. The number of anilines is 1. The molecule has 86 valence electrons. The molecule has 1 aliphatic heterocycles. The molecular weight excluding hydrogens is 210 g/mol. The van der Waals surface area contributed by atoms with E-state index in [2.05, 4.69) is 29.6 Å². The molecule has 0 fully saturated rings. The Balaban J connectivity index is 2.10. The molecule has 0 aliphatic carbocycles. The molecule has 3 rings (SSSR count). The summed E-state index contributed by atoms with van der Waals surface area (Å²) in [7, 11) is 0. The lowest BCUT2D eigenvalue weighted by atomic mass is 9.83. The van der Waals surface area contributed by atoms with Crippen LogP contribution in [0.4, 0.5) is 5.69 Å². The topological polar surface area (TPSA) is 32.3 Å². The van der Waals surface area contributed by atoms with Crippen molar-refractivity contribution in [2.45, 2.75) is 12.0 Å². The lowest BCUT2D eigenvalue weighted by Crippen LogP contribution is -2.32. The summed E-state index contributed by atoms with van der Waals surface area (Å²) in [4.78, 5) is 0. The number of hydrogen-bond donors (Lipinski definition) is 2. The first-order chi connectivity index (χ1) is 8.36. The molecule has 1 aliphatic rings. The van der Waals surface area contributed by atoms with Crippen molar-refractivity contribution in [3.63, 3.8) is 0 Å². The van der Waals surface area contributed by atoms with Gasteiger partial charge in [0.05, 0.1) is 6.10 Å². The maximum atomic E-state index is 10.2. The highest BCUT2D eigenvalue weighted by molar-refractivity contribution is 5.58. The van der Waals surface area contributed by atoms with Gasteiger partial charge in [0.15, 0.2) is 0 Å². The molecule has 0 radical (unpaired) electrons. The van der Waals surface area contributed by atoms with Gasteiger partial charge in [-0.05, 0) is 17.2 Å². The van der Waals surface area contributed by atoms with Gasteiger partial charge in [-0.25, -0.2) is 0 Å². The number of fused-ring (bicyclic) bond motifs is 1. The Hall–Kier alpha value is -1.80. The van der Waals surface area contributed by atoms with E-state index in [9.17, 15) is 5.11 Å². The first kappa shape index (κ1) is 10.4. The summed E-state index contributed by atoms with van der Waals surface area (Å²) in [6.07, 6.45) is -0.368. The molecule has 0 unspecified atom stereocenters. The minimum absolute atomic E-state index is 0.0775. The summed E-state index contributed by atoms with van der Waals surface area (Å²) in [5, 5.41) is 13.5. The van der Waals surface area contributed by atoms with Gasteiger partial charge in [0.2, 0.25) is 0 Å². The van der Waals surface area contributed by atoms with E-state index in [4.69, 9.17) is 0 Å². The molecule has 0 spiro atoms. The number of rotatable bonds is 1. The maximum absolute atomic E-state index is 10.2. The summed E-state index contributed by atoms with van der Waals surface area (Å²) >= 11 is 0. The van der Waals surface area contributed by atoms with Crippen LogP contribution >= 0.6 is 0 Å². The zero-order chi connectivity index (χ0) is 11.7. The van der Waals surface area contributed by atoms with E-state index in [0.29, 0.717) is 6.54 Å². The van der Waals surface area contributed by atoms with Crippen molar-refractivity contribution in [1.82, 2.24) is 0 Å². The van der Waals surface area contributed by atoms with Gasteiger partial charge in [-0.15, -0.1) is 0 Å². The molecule has 2 aromatic carbocycles. The van der Waals surface area contributed by atoms with Gasteiger partial charge in [-0.2, -0.15) is 0 Å². The zero-order valence-electron chi connectivity index (χ0n) is 9.51. The summed E-state index contributed by atoms with van der Waals surface area (Å²) < 4.78 is 0. The van der Waals surface area contributed by atoms with E-state index < -0.39 is 0 Å². The minimum Gasteiger partial charge on any atom is -0.390 e. The molecule has 17 heavy (non-hydrogen) atoms. The van der Waals surface area contributed by atoms with Crippen molar-refractivity contribution in [2.24, 2.45) is 0 Å². The van der Waals surface area contributed by atoms with Crippen molar-refractivity contribution in [3.05, 3.63) is 65.7 Å². The molecule has 2 heteroatoms. The molecule has 0 bridgehead atoms. The van der Waals surface area contributed by atoms with E-state index >= 15 is 0 Å². The second kappa shape index (κ2) is 4.22. The van der Waals surface area contributed by atoms with Crippen LogP contribution in [0.25, 0.3) is 0 Å². The minimum atomic E-state index is -0.368. The van der Waals surface area contributed by atoms with Crippen molar-refractivity contribution in [3.8, 4) is 0 Å². The monoisotopic (exact) mass is 225 g/mol. The molecule has 0 amide bonds. The maximum Gasteiger partial charge on any atom is 0.0822 e. The Morgan fingerprint density at radius 1 is 0.941 bits per heavy atom. The number of benzene rings is 2. The van der Waals surface area contributed by atoms with Crippen molar-refractivity contribution >= 4 is 5.69 Å². The molecule has 0 saturated carbocycles. The molecule has 2 aromatic rings. The van der Waals surface area contributed by atoms with Gasteiger partial charge in [-0.1, -0.05) is 48.5 Å². The Morgan fingerprint density at radius 3 is 2.47 bits per heavy atom.